The van der Waals surface area contributed by atoms with Crippen LogP contribution in [0.1, 0.15) is 45.1 Å². The van der Waals surface area contributed by atoms with Gasteiger partial charge in [-0.05, 0) is 24.3 Å². The van der Waals surface area contributed by atoms with Crippen molar-refractivity contribution in [2.75, 3.05) is 19.6 Å². The zero-order valence-corrected chi connectivity index (χ0v) is 14.8. The molecule has 2 amide bonds. The molecule has 1 saturated carbocycles. The summed E-state index contributed by atoms with van der Waals surface area (Å²) in [6.07, 6.45) is 3.83. The highest BCUT2D eigenvalue weighted by atomic mass is 16.2. The maximum Gasteiger partial charge on any atom is 0.225 e. The monoisotopic (exact) mass is 328 g/mol. The predicted octanol–water partition coefficient (Wildman–Crippen LogP) is 2.73. The second kappa shape index (κ2) is 6.96. The predicted molar refractivity (Wildman–Crippen MR) is 94.5 cm³/mol. The van der Waals surface area contributed by atoms with Gasteiger partial charge >= 0.3 is 0 Å². The molecule has 1 saturated heterocycles. The summed E-state index contributed by atoms with van der Waals surface area (Å²) in [5.74, 6) is 0.401. The Kier molecular flexibility index (Phi) is 4.93. The Hall–Kier alpha value is -1.84. The molecule has 1 heterocycles. The van der Waals surface area contributed by atoms with Crippen molar-refractivity contribution < 1.29 is 9.59 Å². The lowest BCUT2D eigenvalue weighted by molar-refractivity contribution is -0.129. The number of carbonyl (C=O) groups is 2. The first-order valence-corrected chi connectivity index (χ1v) is 9.11. The molecule has 3 rings (SSSR count). The van der Waals surface area contributed by atoms with Crippen molar-refractivity contribution >= 4 is 11.8 Å². The quantitative estimate of drug-likeness (QED) is 0.873. The fraction of sp³-hybridized carbons (Fsp3) is 0.600. The minimum Gasteiger partial charge on any atom is -0.355 e. The van der Waals surface area contributed by atoms with E-state index in [0.717, 1.165) is 19.4 Å². The van der Waals surface area contributed by atoms with Gasteiger partial charge in [-0.3, -0.25) is 9.59 Å². The summed E-state index contributed by atoms with van der Waals surface area (Å²) in [6, 6.07) is 10.5. The third kappa shape index (κ3) is 3.47. The van der Waals surface area contributed by atoms with E-state index in [9.17, 15) is 9.59 Å². The van der Waals surface area contributed by atoms with Gasteiger partial charge in [0.1, 0.15) is 0 Å². The van der Waals surface area contributed by atoms with E-state index in [1.807, 2.05) is 11.0 Å². The van der Waals surface area contributed by atoms with Crippen molar-refractivity contribution in [1.82, 2.24) is 10.2 Å². The van der Waals surface area contributed by atoms with Crippen LogP contribution in [0.4, 0.5) is 0 Å². The molecule has 1 atom stereocenters. The fourth-order valence-electron chi connectivity index (χ4n) is 3.93. The van der Waals surface area contributed by atoms with Crippen molar-refractivity contribution in [2.45, 2.75) is 44.9 Å². The van der Waals surface area contributed by atoms with Crippen LogP contribution in [0, 0.1) is 11.8 Å². The van der Waals surface area contributed by atoms with Crippen LogP contribution in [0.25, 0.3) is 0 Å². The van der Waals surface area contributed by atoms with E-state index < -0.39 is 0 Å². The fourth-order valence-corrected chi connectivity index (χ4v) is 3.93. The van der Waals surface area contributed by atoms with Gasteiger partial charge in [-0.1, -0.05) is 50.6 Å². The summed E-state index contributed by atoms with van der Waals surface area (Å²) in [6.45, 7) is 6.20. The first-order chi connectivity index (χ1) is 11.5. The zero-order valence-electron chi connectivity index (χ0n) is 14.8. The zero-order chi connectivity index (χ0) is 17.2. The van der Waals surface area contributed by atoms with Crippen molar-refractivity contribution in [1.29, 1.82) is 0 Å². The maximum atomic E-state index is 12.6. The van der Waals surface area contributed by atoms with Crippen LogP contribution in [0.2, 0.25) is 0 Å². The number of likely N-dealkylation sites (tertiary alicyclic amines) is 1. The molecule has 4 heteroatoms. The molecule has 0 aromatic heterocycles. The molecule has 1 aromatic carbocycles. The molecule has 0 unspecified atom stereocenters. The van der Waals surface area contributed by atoms with Crippen LogP contribution in [0.3, 0.4) is 0 Å². The first kappa shape index (κ1) is 17.0. The highest BCUT2D eigenvalue weighted by Gasteiger charge is 2.40. The van der Waals surface area contributed by atoms with Crippen LogP contribution in [-0.2, 0) is 15.0 Å². The third-order valence-electron chi connectivity index (χ3n) is 5.47. The average Bonchev–Trinajstić information content (AvgIpc) is 2.87. The lowest BCUT2D eigenvalue weighted by atomic mass is 9.64. The molecule has 130 valence electrons. The molecule has 1 aliphatic carbocycles. The summed E-state index contributed by atoms with van der Waals surface area (Å²) in [7, 11) is 0. The lowest BCUT2D eigenvalue weighted by Gasteiger charge is -2.42. The minimum atomic E-state index is -0.191. The van der Waals surface area contributed by atoms with E-state index in [0.29, 0.717) is 25.4 Å². The Balaban J connectivity index is 1.57. The first-order valence-electron chi connectivity index (χ1n) is 9.11. The molecule has 0 spiro atoms. The Morgan fingerprint density at radius 3 is 2.58 bits per heavy atom. The molecule has 2 aliphatic rings. The molecule has 4 nitrogen and oxygen atoms in total. The van der Waals surface area contributed by atoms with Gasteiger partial charge in [0.15, 0.2) is 0 Å². The number of nitrogens with one attached hydrogen (secondary N) is 1. The van der Waals surface area contributed by atoms with Crippen molar-refractivity contribution in [3.8, 4) is 0 Å². The number of amides is 2. The van der Waals surface area contributed by atoms with Gasteiger partial charge in [-0.25, -0.2) is 0 Å². The van der Waals surface area contributed by atoms with E-state index in [-0.39, 0.29) is 23.1 Å². The molecular weight excluding hydrogens is 300 g/mol. The van der Waals surface area contributed by atoms with E-state index in [1.165, 1.54) is 12.0 Å². The van der Waals surface area contributed by atoms with E-state index in [2.05, 4.69) is 43.4 Å². The normalized spacial score (nSPS) is 22.5. The van der Waals surface area contributed by atoms with Crippen LogP contribution in [0.15, 0.2) is 30.3 Å². The number of hydrogen-bond donors (Lipinski definition) is 1. The van der Waals surface area contributed by atoms with Crippen LogP contribution in [-0.4, -0.2) is 36.3 Å². The van der Waals surface area contributed by atoms with Gasteiger partial charge in [0.05, 0.1) is 5.92 Å². The highest BCUT2D eigenvalue weighted by Crippen LogP contribution is 2.43. The summed E-state index contributed by atoms with van der Waals surface area (Å²) < 4.78 is 0. The van der Waals surface area contributed by atoms with E-state index in [1.54, 1.807) is 0 Å². The second-order valence-corrected chi connectivity index (χ2v) is 7.81. The molecule has 0 radical (unpaired) electrons. The second-order valence-electron chi connectivity index (χ2n) is 7.81. The van der Waals surface area contributed by atoms with Gasteiger partial charge in [-0.2, -0.15) is 0 Å². The number of hydrogen-bond acceptors (Lipinski definition) is 2. The largest absolute Gasteiger partial charge is 0.355 e. The molecule has 1 N–H and O–H groups in total. The maximum absolute atomic E-state index is 12.6. The Bertz CT molecular complexity index is 593. The van der Waals surface area contributed by atoms with Gasteiger partial charge < -0.3 is 10.2 Å². The lowest BCUT2D eigenvalue weighted by Crippen LogP contribution is -2.47. The summed E-state index contributed by atoms with van der Waals surface area (Å²) >= 11 is 0. The highest BCUT2D eigenvalue weighted by molar-refractivity contribution is 5.89. The Morgan fingerprint density at radius 1 is 1.29 bits per heavy atom. The van der Waals surface area contributed by atoms with Gasteiger partial charge in [-0.15, -0.1) is 0 Å². The van der Waals surface area contributed by atoms with Crippen LogP contribution < -0.4 is 5.32 Å². The standard InChI is InChI=1S/C20H28N2O2/c1-15(2)12-22-13-16(11-18(22)23)19(24)21-14-20(9-6-10-20)17-7-4-3-5-8-17/h3-5,7-8,15-16H,6,9-14H2,1-2H3,(H,21,24)/t16-/m0/s1. The minimum absolute atomic E-state index is 0.0387. The van der Waals surface area contributed by atoms with Crippen molar-refractivity contribution in [3.05, 3.63) is 35.9 Å². The van der Waals surface area contributed by atoms with Crippen molar-refractivity contribution in [2.24, 2.45) is 11.8 Å². The number of nitrogens with zero attached hydrogens (tertiary/aromatic N) is 1. The molecular formula is C20H28N2O2. The van der Waals surface area contributed by atoms with Gasteiger partial charge in [0.25, 0.3) is 0 Å². The molecule has 1 aliphatic heterocycles. The third-order valence-corrected chi connectivity index (χ3v) is 5.47. The Labute approximate surface area is 144 Å². The molecule has 2 fully saturated rings. The van der Waals surface area contributed by atoms with E-state index in [4.69, 9.17) is 0 Å². The van der Waals surface area contributed by atoms with Crippen LogP contribution in [0.5, 0.6) is 0 Å². The molecule has 24 heavy (non-hydrogen) atoms. The molecule has 0 bridgehead atoms. The number of benzene rings is 1. The number of carbonyl (C=O) groups excluding carboxylic acids is 2. The van der Waals surface area contributed by atoms with E-state index >= 15 is 0 Å². The topological polar surface area (TPSA) is 49.4 Å². The summed E-state index contributed by atoms with van der Waals surface area (Å²) in [5, 5.41) is 3.14. The van der Waals surface area contributed by atoms with Gasteiger partial charge in [0.2, 0.25) is 11.8 Å². The average molecular weight is 328 g/mol. The summed E-state index contributed by atoms with van der Waals surface area (Å²) in [5.41, 5.74) is 1.41. The Morgan fingerprint density at radius 2 is 2.00 bits per heavy atom. The SMILES string of the molecule is CC(C)CN1C[C@@H](C(=O)NCC2(c3ccccc3)CCC2)CC1=O. The van der Waals surface area contributed by atoms with Gasteiger partial charge in [0, 0.05) is 31.5 Å². The molecule has 1 aromatic rings. The smallest absolute Gasteiger partial charge is 0.225 e. The summed E-state index contributed by atoms with van der Waals surface area (Å²) in [4.78, 5) is 26.4. The van der Waals surface area contributed by atoms with Crippen LogP contribution >= 0.6 is 0 Å². The number of rotatable bonds is 6. The van der Waals surface area contributed by atoms with Crippen molar-refractivity contribution in [3.63, 3.8) is 0 Å².